The van der Waals surface area contributed by atoms with Crippen LogP contribution in [0.15, 0.2) is 66.0 Å². The third-order valence-electron chi connectivity index (χ3n) is 6.42. The van der Waals surface area contributed by atoms with E-state index in [2.05, 4.69) is 29.6 Å². The van der Waals surface area contributed by atoms with Crippen molar-refractivity contribution in [2.45, 2.75) is 31.1 Å². The van der Waals surface area contributed by atoms with E-state index in [0.29, 0.717) is 19.7 Å². The minimum Gasteiger partial charge on any atom is -0.365 e. The molecule has 0 bridgehead atoms. The highest BCUT2D eigenvalue weighted by atomic mass is 32.1. The zero-order valence-electron chi connectivity index (χ0n) is 17.2. The zero-order chi connectivity index (χ0) is 21.3. The fourth-order valence-electron chi connectivity index (χ4n) is 4.71. The van der Waals surface area contributed by atoms with E-state index in [0.717, 1.165) is 23.3 Å². The van der Waals surface area contributed by atoms with E-state index in [4.69, 9.17) is 4.74 Å². The lowest BCUT2D eigenvalue weighted by molar-refractivity contribution is -0.137. The molecule has 1 unspecified atom stereocenters. The number of amides is 1. The van der Waals surface area contributed by atoms with Crippen LogP contribution in [0.25, 0.3) is 0 Å². The molecule has 4 nitrogen and oxygen atoms in total. The molecule has 1 spiro atoms. The molecule has 2 aliphatic heterocycles. The number of halogens is 1. The van der Waals surface area contributed by atoms with Gasteiger partial charge in [0.1, 0.15) is 5.82 Å². The van der Waals surface area contributed by atoms with Gasteiger partial charge in [-0.15, -0.1) is 11.3 Å². The summed E-state index contributed by atoms with van der Waals surface area (Å²) >= 11 is 1.63. The third-order valence-corrected chi connectivity index (χ3v) is 7.36. The number of carbonyl (C=O) groups is 1. The van der Waals surface area contributed by atoms with Crippen LogP contribution >= 0.6 is 11.3 Å². The van der Waals surface area contributed by atoms with Gasteiger partial charge in [-0.3, -0.25) is 10.1 Å². The first-order valence-corrected chi connectivity index (χ1v) is 11.5. The van der Waals surface area contributed by atoms with Gasteiger partial charge in [0.25, 0.3) is 0 Å². The average molecular weight is 437 g/mol. The summed E-state index contributed by atoms with van der Waals surface area (Å²) in [4.78, 5) is 16.0. The van der Waals surface area contributed by atoms with E-state index < -0.39 is 0 Å². The van der Waals surface area contributed by atoms with Crippen molar-refractivity contribution < 1.29 is 13.9 Å². The van der Waals surface area contributed by atoms with Gasteiger partial charge in [0.05, 0.1) is 24.8 Å². The van der Waals surface area contributed by atoms with Crippen molar-refractivity contribution in [1.29, 1.82) is 0 Å². The molecule has 5 rings (SSSR count). The molecule has 31 heavy (non-hydrogen) atoms. The van der Waals surface area contributed by atoms with Gasteiger partial charge in [0.15, 0.2) is 0 Å². The van der Waals surface area contributed by atoms with Gasteiger partial charge in [0, 0.05) is 18.0 Å². The lowest BCUT2D eigenvalue weighted by Crippen LogP contribution is -2.48. The van der Waals surface area contributed by atoms with E-state index in [1.807, 2.05) is 22.4 Å². The fourth-order valence-corrected chi connectivity index (χ4v) is 5.54. The van der Waals surface area contributed by atoms with E-state index in [9.17, 15) is 9.18 Å². The topological polar surface area (TPSA) is 41.6 Å². The molecule has 1 atom stereocenters. The van der Waals surface area contributed by atoms with E-state index in [1.165, 1.54) is 23.3 Å². The first-order valence-electron chi connectivity index (χ1n) is 10.7. The number of ether oxygens (including phenoxy) is 1. The van der Waals surface area contributed by atoms with Crippen LogP contribution in [0, 0.1) is 5.82 Å². The standard InChI is InChI=1S/C25H25FN2O2S/c26-20-9-7-18(8-10-20)24(22-6-3-15-31-22)27-16-23(29)28-13-11-25(12-14-28)21-5-2-1-4-19(21)17-30-25/h1-10,15,24,27H,11-14,16-17H2. The van der Waals surface area contributed by atoms with Crippen LogP contribution in [-0.4, -0.2) is 30.4 Å². The summed E-state index contributed by atoms with van der Waals surface area (Å²) in [5, 5.41) is 5.41. The second kappa shape index (κ2) is 8.54. The van der Waals surface area contributed by atoms with Crippen LogP contribution < -0.4 is 5.32 Å². The molecule has 1 fully saturated rings. The van der Waals surface area contributed by atoms with Crippen molar-refractivity contribution in [1.82, 2.24) is 10.2 Å². The Morgan fingerprint density at radius 1 is 1.10 bits per heavy atom. The number of benzene rings is 2. The predicted molar refractivity (Wildman–Crippen MR) is 119 cm³/mol. The van der Waals surface area contributed by atoms with Crippen molar-refractivity contribution >= 4 is 17.2 Å². The Hall–Kier alpha value is -2.54. The number of piperidine rings is 1. The highest BCUT2D eigenvalue weighted by Gasteiger charge is 2.43. The summed E-state index contributed by atoms with van der Waals surface area (Å²) in [5.74, 6) is -0.174. The molecule has 2 aromatic carbocycles. The Kier molecular flexibility index (Phi) is 5.61. The van der Waals surface area contributed by atoms with E-state index in [-0.39, 0.29) is 29.9 Å². The average Bonchev–Trinajstić information content (AvgIpc) is 3.45. The molecular formula is C25H25FN2O2S. The summed E-state index contributed by atoms with van der Waals surface area (Å²) < 4.78 is 19.6. The molecule has 3 aromatic rings. The molecule has 1 N–H and O–H groups in total. The van der Waals surface area contributed by atoms with Crippen molar-refractivity contribution in [2.75, 3.05) is 19.6 Å². The zero-order valence-corrected chi connectivity index (χ0v) is 18.0. The maximum atomic E-state index is 13.4. The van der Waals surface area contributed by atoms with Crippen LogP contribution in [0.4, 0.5) is 4.39 Å². The highest BCUT2D eigenvalue weighted by Crippen LogP contribution is 2.43. The number of hydrogen-bond donors (Lipinski definition) is 1. The van der Waals surface area contributed by atoms with Gasteiger partial charge in [0.2, 0.25) is 5.91 Å². The largest absolute Gasteiger partial charge is 0.365 e. The molecule has 0 radical (unpaired) electrons. The van der Waals surface area contributed by atoms with Gasteiger partial charge < -0.3 is 9.64 Å². The number of thiophene rings is 1. The van der Waals surface area contributed by atoms with E-state index in [1.54, 1.807) is 23.5 Å². The summed E-state index contributed by atoms with van der Waals surface area (Å²) in [6, 6.07) is 18.8. The van der Waals surface area contributed by atoms with Gasteiger partial charge in [-0.25, -0.2) is 4.39 Å². The van der Waals surface area contributed by atoms with Gasteiger partial charge in [-0.1, -0.05) is 42.5 Å². The van der Waals surface area contributed by atoms with Crippen molar-refractivity contribution in [3.05, 3.63) is 93.4 Å². The number of carbonyl (C=O) groups excluding carboxylic acids is 1. The van der Waals surface area contributed by atoms with Crippen LogP contribution in [-0.2, 0) is 21.7 Å². The van der Waals surface area contributed by atoms with Crippen LogP contribution in [0.3, 0.4) is 0 Å². The first kappa shape index (κ1) is 20.4. The Morgan fingerprint density at radius 3 is 2.61 bits per heavy atom. The number of hydrogen-bond acceptors (Lipinski definition) is 4. The number of rotatable bonds is 5. The molecule has 160 valence electrons. The number of fused-ring (bicyclic) bond motifs is 2. The molecular weight excluding hydrogens is 411 g/mol. The maximum Gasteiger partial charge on any atom is 0.236 e. The first-order chi connectivity index (χ1) is 15.1. The summed E-state index contributed by atoms with van der Waals surface area (Å²) in [7, 11) is 0. The van der Waals surface area contributed by atoms with Crippen molar-refractivity contribution in [3.63, 3.8) is 0 Å². The molecule has 1 amide bonds. The second-order valence-corrected chi connectivity index (χ2v) is 9.18. The van der Waals surface area contributed by atoms with Crippen LogP contribution in [0.1, 0.15) is 40.5 Å². The fraction of sp³-hybridized carbons (Fsp3) is 0.320. The SMILES string of the molecule is O=C(CNC(c1ccc(F)cc1)c1cccs1)N1CCC2(CC1)OCc1ccccc12. The molecule has 3 heterocycles. The van der Waals surface area contributed by atoms with Crippen molar-refractivity contribution in [2.24, 2.45) is 0 Å². The molecule has 0 saturated carbocycles. The lowest BCUT2D eigenvalue weighted by atomic mass is 9.84. The maximum absolute atomic E-state index is 13.4. The Bertz CT molecular complexity index is 1040. The quantitative estimate of drug-likeness (QED) is 0.635. The molecule has 1 saturated heterocycles. The number of nitrogens with one attached hydrogen (secondary N) is 1. The number of nitrogens with zero attached hydrogens (tertiary/aromatic N) is 1. The smallest absolute Gasteiger partial charge is 0.236 e. The summed E-state index contributed by atoms with van der Waals surface area (Å²) in [6.07, 6.45) is 1.64. The van der Waals surface area contributed by atoms with Crippen LogP contribution in [0.2, 0.25) is 0 Å². The minimum absolute atomic E-state index is 0.0878. The normalized spacial score (nSPS) is 18.2. The second-order valence-electron chi connectivity index (χ2n) is 8.20. The Morgan fingerprint density at radius 2 is 1.87 bits per heavy atom. The molecule has 6 heteroatoms. The monoisotopic (exact) mass is 436 g/mol. The number of likely N-dealkylation sites (tertiary alicyclic amines) is 1. The molecule has 0 aliphatic carbocycles. The van der Waals surface area contributed by atoms with Gasteiger partial charge in [-0.2, -0.15) is 0 Å². The summed E-state index contributed by atoms with van der Waals surface area (Å²) in [5.41, 5.74) is 3.26. The Balaban J connectivity index is 1.23. The third kappa shape index (κ3) is 4.03. The van der Waals surface area contributed by atoms with Gasteiger partial charge >= 0.3 is 0 Å². The molecule has 1 aromatic heterocycles. The molecule has 2 aliphatic rings. The Labute approximate surface area is 185 Å². The van der Waals surface area contributed by atoms with Crippen molar-refractivity contribution in [3.8, 4) is 0 Å². The predicted octanol–water partition coefficient (Wildman–Crippen LogP) is 4.61. The lowest BCUT2D eigenvalue weighted by Gasteiger charge is -2.39. The minimum atomic E-state index is -0.261. The highest BCUT2D eigenvalue weighted by molar-refractivity contribution is 7.10. The van der Waals surface area contributed by atoms with E-state index >= 15 is 0 Å². The van der Waals surface area contributed by atoms with Crippen LogP contribution in [0.5, 0.6) is 0 Å². The van der Waals surface area contributed by atoms with Gasteiger partial charge in [-0.05, 0) is 53.1 Å². The summed E-state index contributed by atoms with van der Waals surface area (Å²) in [6.45, 7) is 2.28.